The van der Waals surface area contributed by atoms with Crippen molar-refractivity contribution in [3.05, 3.63) is 167 Å². The molecule has 0 unspecified atom stereocenters. The van der Waals surface area contributed by atoms with Crippen molar-refractivity contribution in [1.29, 1.82) is 0 Å². The molecule has 4 heteroatoms. The average Bonchev–Trinajstić information content (AvgIpc) is 3.91. The van der Waals surface area contributed by atoms with Gasteiger partial charge in [0, 0.05) is 35.9 Å². The molecule has 2 heterocycles. The minimum atomic E-state index is -0.183. The first-order valence-corrected chi connectivity index (χ1v) is 21.4. The Labute approximate surface area is 348 Å². The number of benzene rings is 5. The van der Waals surface area contributed by atoms with Gasteiger partial charge in [0.25, 0.3) is 0 Å². The highest BCUT2D eigenvalue weighted by molar-refractivity contribution is 5.72. The summed E-state index contributed by atoms with van der Waals surface area (Å²) in [4.78, 5) is 10.2. The molecule has 2 aromatic heterocycles. The zero-order chi connectivity index (χ0) is 41.3. The van der Waals surface area contributed by atoms with Crippen LogP contribution >= 0.6 is 0 Å². The van der Waals surface area contributed by atoms with E-state index in [1.807, 2.05) is 12.4 Å². The fourth-order valence-corrected chi connectivity index (χ4v) is 8.80. The molecule has 7 rings (SSSR count). The Hall–Kier alpha value is -5.48. The maximum absolute atomic E-state index is 5.11. The predicted molar refractivity (Wildman–Crippen MR) is 246 cm³/mol. The highest BCUT2D eigenvalue weighted by Gasteiger charge is 2.33. The lowest BCUT2D eigenvalue weighted by atomic mass is 9.70. The number of imidazole rings is 2. The van der Waals surface area contributed by atoms with Crippen LogP contribution in [-0.2, 0) is 11.8 Å². The number of rotatable bonds is 13. The molecule has 0 spiro atoms. The van der Waals surface area contributed by atoms with E-state index in [1.54, 1.807) is 0 Å². The fraction of sp³-hybridized carbons (Fsp3) is 0.333. The van der Waals surface area contributed by atoms with Gasteiger partial charge in [-0.15, -0.1) is 0 Å². The van der Waals surface area contributed by atoms with Crippen LogP contribution in [0.4, 0.5) is 0 Å². The Kier molecular flexibility index (Phi) is 11.8. The van der Waals surface area contributed by atoms with Crippen LogP contribution in [-0.4, -0.2) is 19.1 Å². The Bertz CT molecular complexity index is 2440. The average molecular weight is 767 g/mol. The molecule has 0 aliphatic carbocycles. The van der Waals surface area contributed by atoms with Crippen LogP contribution in [0.15, 0.2) is 134 Å². The van der Waals surface area contributed by atoms with Crippen molar-refractivity contribution in [2.24, 2.45) is 5.92 Å². The normalized spacial score (nSPS) is 12.7. The summed E-state index contributed by atoms with van der Waals surface area (Å²) < 4.78 is 4.71. The van der Waals surface area contributed by atoms with Gasteiger partial charge < -0.3 is 0 Å². The molecule has 0 aliphatic heterocycles. The Morgan fingerprint density at radius 3 is 1.50 bits per heavy atom. The molecule has 0 saturated carbocycles. The minimum Gasteiger partial charge on any atom is -0.299 e. The third kappa shape index (κ3) is 7.74. The molecular weight excluding hydrogens is 705 g/mol. The van der Waals surface area contributed by atoms with Gasteiger partial charge in [0.1, 0.15) is 11.6 Å². The molecule has 0 fully saturated rings. The fourth-order valence-electron chi connectivity index (χ4n) is 8.80. The zero-order valence-corrected chi connectivity index (χ0v) is 36.6. The minimum absolute atomic E-state index is 0.183. The highest BCUT2D eigenvalue weighted by Crippen LogP contribution is 2.43. The van der Waals surface area contributed by atoms with E-state index < -0.39 is 0 Å². The summed E-state index contributed by atoms with van der Waals surface area (Å²) in [6, 6.07) is 40.2. The van der Waals surface area contributed by atoms with Crippen LogP contribution in [0.5, 0.6) is 0 Å². The van der Waals surface area contributed by atoms with E-state index in [0.29, 0.717) is 29.6 Å². The summed E-state index contributed by atoms with van der Waals surface area (Å²) in [5, 5.41) is 0. The molecule has 0 bridgehead atoms. The van der Waals surface area contributed by atoms with Gasteiger partial charge in [-0.3, -0.25) is 9.13 Å². The number of nitrogens with zero attached hydrogens (tertiary/aromatic N) is 4. The summed E-state index contributed by atoms with van der Waals surface area (Å²) in [6.45, 7) is 25.6. The predicted octanol–water partition coefficient (Wildman–Crippen LogP) is 14.7. The molecule has 298 valence electrons. The van der Waals surface area contributed by atoms with E-state index in [-0.39, 0.29) is 5.41 Å². The van der Waals surface area contributed by atoms with Crippen molar-refractivity contribution in [3.63, 3.8) is 0 Å². The van der Waals surface area contributed by atoms with E-state index in [9.17, 15) is 0 Å². The van der Waals surface area contributed by atoms with Crippen LogP contribution in [0.2, 0.25) is 0 Å². The van der Waals surface area contributed by atoms with Crippen molar-refractivity contribution in [3.8, 4) is 45.3 Å². The van der Waals surface area contributed by atoms with Crippen LogP contribution in [0, 0.1) is 5.92 Å². The van der Waals surface area contributed by atoms with Crippen molar-refractivity contribution in [1.82, 2.24) is 19.1 Å². The molecule has 0 amide bonds. The summed E-state index contributed by atoms with van der Waals surface area (Å²) in [6.07, 6.45) is 9.15. The lowest BCUT2D eigenvalue weighted by molar-refractivity contribution is 0.343. The van der Waals surface area contributed by atoms with E-state index in [0.717, 1.165) is 18.1 Å². The zero-order valence-electron chi connectivity index (χ0n) is 36.6. The van der Waals surface area contributed by atoms with Gasteiger partial charge in [-0.25, -0.2) is 9.97 Å². The lowest BCUT2D eigenvalue weighted by Gasteiger charge is -2.35. The monoisotopic (exact) mass is 766 g/mol. The number of aromatic nitrogens is 4. The molecule has 5 aromatic carbocycles. The second kappa shape index (κ2) is 16.8. The van der Waals surface area contributed by atoms with E-state index in [4.69, 9.17) is 9.97 Å². The largest absolute Gasteiger partial charge is 0.299 e. The first-order chi connectivity index (χ1) is 27.8. The SMILES string of the molecule is CC(C)c1cc(-c2ccccc2)cc(C(C)C)c1-n1ccnc1-c1ccccc1C[C@@H](C)C(C)(C)c1ccccc1-c1nccn1-c1c(C(C)C)cccc1C(C)C. The molecule has 4 nitrogen and oxygen atoms in total. The number of hydrogen-bond acceptors (Lipinski definition) is 2. The summed E-state index contributed by atoms with van der Waals surface area (Å²) in [5.41, 5.74) is 15.2. The van der Waals surface area contributed by atoms with Crippen LogP contribution in [0.3, 0.4) is 0 Å². The van der Waals surface area contributed by atoms with Crippen LogP contribution in [0.25, 0.3) is 45.3 Å². The Morgan fingerprint density at radius 1 is 0.483 bits per heavy atom. The summed E-state index contributed by atoms with van der Waals surface area (Å²) in [7, 11) is 0. The molecular formula is C54H62N4. The van der Waals surface area contributed by atoms with Crippen molar-refractivity contribution >= 4 is 0 Å². The summed E-state index contributed by atoms with van der Waals surface area (Å²) in [5.74, 6) is 3.70. The standard InChI is InChI=1S/C54H62N4/c1-35(2)43-25-19-26-44(36(3)4)50(43)57-30-29-56-53(57)46-24-17-18-27-49(46)54(10,11)39(9)32-41-22-15-16-23-45(41)52-55-28-31-58(52)51-47(37(5)6)33-42(34-48(51)38(7)8)40-20-13-12-14-21-40/h12-31,33-39H,32H2,1-11H3/t39-/m1/s1. The maximum Gasteiger partial charge on any atom is 0.144 e. The molecule has 58 heavy (non-hydrogen) atoms. The van der Waals surface area contributed by atoms with Crippen LogP contribution in [0.1, 0.15) is 133 Å². The van der Waals surface area contributed by atoms with Crippen LogP contribution < -0.4 is 0 Å². The molecule has 1 atom stereocenters. The third-order valence-corrected chi connectivity index (χ3v) is 12.5. The number of hydrogen-bond donors (Lipinski definition) is 0. The highest BCUT2D eigenvalue weighted by atomic mass is 15.1. The van der Waals surface area contributed by atoms with Gasteiger partial charge in [-0.1, -0.05) is 173 Å². The van der Waals surface area contributed by atoms with Gasteiger partial charge in [0.15, 0.2) is 0 Å². The lowest BCUT2D eigenvalue weighted by Crippen LogP contribution is -2.29. The van der Waals surface area contributed by atoms with Gasteiger partial charge in [-0.2, -0.15) is 0 Å². The van der Waals surface area contributed by atoms with Gasteiger partial charge in [0.2, 0.25) is 0 Å². The molecule has 0 saturated heterocycles. The second-order valence-electron chi connectivity index (χ2n) is 18.0. The smallest absolute Gasteiger partial charge is 0.144 e. The molecule has 0 radical (unpaired) electrons. The second-order valence-corrected chi connectivity index (χ2v) is 18.0. The maximum atomic E-state index is 5.11. The number of para-hydroxylation sites is 1. The van der Waals surface area contributed by atoms with E-state index in [2.05, 4.69) is 207 Å². The quantitative estimate of drug-likeness (QED) is 0.117. The Morgan fingerprint density at radius 2 is 0.948 bits per heavy atom. The van der Waals surface area contributed by atoms with E-state index in [1.165, 1.54) is 67.0 Å². The van der Waals surface area contributed by atoms with Gasteiger partial charge in [-0.05, 0) is 98.1 Å². The van der Waals surface area contributed by atoms with Crippen molar-refractivity contribution in [2.75, 3.05) is 0 Å². The first kappa shape index (κ1) is 40.7. The first-order valence-electron chi connectivity index (χ1n) is 21.4. The van der Waals surface area contributed by atoms with Gasteiger partial charge >= 0.3 is 0 Å². The van der Waals surface area contributed by atoms with Crippen molar-refractivity contribution < 1.29 is 0 Å². The topological polar surface area (TPSA) is 35.6 Å². The van der Waals surface area contributed by atoms with E-state index >= 15 is 0 Å². The molecule has 0 N–H and O–H groups in total. The summed E-state index contributed by atoms with van der Waals surface area (Å²) >= 11 is 0. The molecule has 7 aromatic rings. The van der Waals surface area contributed by atoms with Gasteiger partial charge in [0.05, 0.1) is 11.4 Å². The Balaban J connectivity index is 1.28. The van der Waals surface area contributed by atoms with Crippen molar-refractivity contribution in [2.45, 2.75) is 112 Å². The molecule has 0 aliphatic rings. The third-order valence-electron chi connectivity index (χ3n) is 12.5.